The molecule has 120 valence electrons. The summed E-state index contributed by atoms with van der Waals surface area (Å²) >= 11 is 0. The summed E-state index contributed by atoms with van der Waals surface area (Å²) in [6.45, 7) is 5.57. The average Bonchev–Trinajstić information content (AvgIpc) is 2.34. The molecule has 0 spiro atoms. The first-order valence-corrected chi connectivity index (χ1v) is 7.65. The topological polar surface area (TPSA) is 75.6 Å². The van der Waals surface area contributed by atoms with Crippen molar-refractivity contribution in [3.05, 3.63) is 12.2 Å². The highest BCUT2D eigenvalue weighted by atomic mass is 16.6. The van der Waals surface area contributed by atoms with Gasteiger partial charge in [-0.25, -0.2) is 9.59 Å². The number of alkyl carbamates (subject to hydrolysis) is 1. The van der Waals surface area contributed by atoms with Crippen molar-refractivity contribution in [2.24, 2.45) is 5.92 Å². The number of carboxylic acids is 1. The van der Waals surface area contributed by atoms with E-state index in [1.165, 1.54) is 6.08 Å². The summed E-state index contributed by atoms with van der Waals surface area (Å²) < 4.78 is 5.25. The Kier molecular flexibility index (Phi) is 6.72. The fraction of sp³-hybridized carbons (Fsp3) is 0.750. The van der Waals surface area contributed by atoms with Gasteiger partial charge in [-0.15, -0.1) is 0 Å². The maximum absolute atomic E-state index is 11.7. The van der Waals surface area contributed by atoms with E-state index in [9.17, 15) is 9.59 Å². The Morgan fingerprint density at radius 3 is 2.38 bits per heavy atom. The molecule has 2 N–H and O–H groups in total. The van der Waals surface area contributed by atoms with Gasteiger partial charge in [0, 0.05) is 12.1 Å². The maximum Gasteiger partial charge on any atom is 0.407 e. The Morgan fingerprint density at radius 2 is 1.86 bits per heavy atom. The lowest BCUT2D eigenvalue weighted by Crippen LogP contribution is -2.40. The Hall–Kier alpha value is -1.52. The Balaban J connectivity index is 2.20. The molecule has 0 aromatic heterocycles. The lowest BCUT2D eigenvalue weighted by atomic mass is 9.83. The first-order valence-electron chi connectivity index (χ1n) is 7.65. The van der Waals surface area contributed by atoms with Gasteiger partial charge in [0.25, 0.3) is 0 Å². The summed E-state index contributed by atoms with van der Waals surface area (Å²) in [5, 5.41) is 11.4. The van der Waals surface area contributed by atoms with Crippen LogP contribution < -0.4 is 5.32 Å². The van der Waals surface area contributed by atoms with Gasteiger partial charge in [0.05, 0.1) is 0 Å². The number of aliphatic carboxylic acids is 1. The van der Waals surface area contributed by atoms with E-state index < -0.39 is 11.6 Å². The van der Waals surface area contributed by atoms with Crippen LogP contribution in [0.3, 0.4) is 0 Å². The molecular formula is C16H27NO4. The van der Waals surface area contributed by atoms with Crippen molar-refractivity contribution < 1.29 is 19.4 Å². The summed E-state index contributed by atoms with van der Waals surface area (Å²) in [6, 6.07) is 0.200. The zero-order valence-electron chi connectivity index (χ0n) is 13.2. The zero-order chi connectivity index (χ0) is 15.9. The van der Waals surface area contributed by atoms with Crippen LogP contribution >= 0.6 is 0 Å². The predicted molar refractivity (Wildman–Crippen MR) is 81.1 cm³/mol. The van der Waals surface area contributed by atoms with Crippen LogP contribution in [0.2, 0.25) is 0 Å². The van der Waals surface area contributed by atoms with E-state index in [0.29, 0.717) is 5.92 Å². The van der Waals surface area contributed by atoms with Gasteiger partial charge in [0.2, 0.25) is 0 Å². The number of allylic oxidation sites excluding steroid dienone is 1. The molecule has 0 radical (unpaired) electrons. The number of nitrogens with one attached hydrogen (secondary N) is 1. The van der Waals surface area contributed by atoms with Crippen LogP contribution in [-0.2, 0) is 9.53 Å². The molecule has 0 aliphatic heterocycles. The van der Waals surface area contributed by atoms with Gasteiger partial charge in [-0.05, 0) is 65.2 Å². The second kappa shape index (κ2) is 8.05. The molecule has 0 bridgehead atoms. The number of carbonyl (C=O) groups excluding carboxylic acids is 1. The first-order chi connectivity index (χ1) is 9.76. The third kappa shape index (κ3) is 8.38. The molecule has 0 atom stereocenters. The van der Waals surface area contributed by atoms with E-state index in [2.05, 4.69) is 5.32 Å². The fourth-order valence-corrected chi connectivity index (χ4v) is 2.59. The molecule has 0 heterocycles. The summed E-state index contributed by atoms with van der Waals surface area (Å²) in [4.78, 5) is 22.0. The molecule has 1 aliphatic rings. The molecule has 0 saturated heterocycles. The van der Waals surface area contributed by atoms with Crippen molar-refractivity contribution >= 4 is 12.1 Å². The van der Waals surface area contributed by atoms with Crippen LogP contribution in [0.15, 0.2) is 12.2 Å². The molecule has 1 amide bonds. The van der Waals surface area contributed by atoms with Crippen molar-refractivity contribution in [1.82, 2.24) is 5.32 Å². The molecule has 1 saturated carbocycles. The molecule has 5 nitrogen and oxygen atoms in total. The molecular weight excluding hydrogens is 270 g/mol. The van der Waals surface area contributed by atoms with E-state index in [-0.39, 0.29) is 12.1 Å². The quantitative estimate of drug-likeness (QED) is 0.762. The Morgan fingerprint density at radius 1 is 1.24 bits per heavy atom. The summed E-state index contributed by atoms with van der Waals surface area (Å²) in [5.41, 5.74) is -0.461. The van der Waals surface area contributed by atoms with Crippen LogP contribution in [0.25, 0.3) is 0 Å². The molecule has 0 aromatic rings. The van der Waals surface area contributed by atoms with Crippen LogP contribution in [-0.4, -0.2) is 28.8 Å². The molecule has 21 heavy (non-hydrogen) atoms. The van der Waals surface area contributed by atoms with Crippen molar-refractivity contribution in [1.29, 1.82) is 0 Å². The van der Waals surface area contributed by atoms with Crippen molar-refractivity contribution in [2.45, 2.75) is 70.9 Å². The number of amides is 1. The third-order valence-corrected chi connectivity index (χ3v) is 3.57. The van der Waals surface area contributed by atoms with Gasteiger partial charge >= 0.3 is 12.1 Å². The fourth-order valence-electron chi connectivity index (χ4n) is 2.59. The number of carbonyl (C=O) groups is 2. The minimum atomic E-state index is -0.889. The molecule has 0 aromatic carbocycles. The summed E-state index contributed by atoms with van der Waals surface area (Å²) in [7, 11) is 0. The number of carboxylic acid groups (broad SMARTS) is 1. The number of hydrogen-bond acceptors (Lipinski definition) is 3. The van der Waals surface area contributed by atoms with Crippen LogP contribution in [0.5, 0.6) is 0 Å². The first kappa shape index (κ1) is 17.5. The minimum Gasteiger partial charge on any atom is -0.478 e. The van der Waals surface area contributed by atoms with E-state index >= 15 is 0 Å². The van der Waals surface area contributed by atoms with E-state index in [1.807, 2.05) is 20.8 Å². The van der Waals surface area contributed by atoms with Gasteiger partial charge < -0.3 is 15.2 Å². The predicted octanol–water partition coefficient (Wildman–Crippen LogP) is 3.49. The Labute approximate surface area is 126 Å². The second-order valence-electron chi connectivity index (χ2n) is 6.68. The van der Waals surface area contributed by atoms with Gasteiger partial charge in [-0.3, -0.25) is 0 Å². The molecule has 1 aliphatic carbocycles. The van der Waals surface area contributed by atoms with Gasteiger partial charge in [-0.1, -0.05) is 6.08 Å². The van der Waals surface area contributed by atoms with Gasteiger partial charge in [0.1, 0.15) is 5.60 Å². The SMILES string of the molecule is CC(C)(C)OC(=O)NC1CCC(CCC=CC(=O)O)CC1. The second-order valence-corrected chi connectivity index (χ2v) is 6.68. The lowest BCUT2D eigenvalue weighted by Gasteiger charge is -2.30. The summed E-state index contributed by atoms with van der Waals surface area (Å²) in [5.74, 6) is -0.264. The average molecular weight is 297 g/mol. The number of rotatable bonds is 5. The standard InChI is InChI=1S/C16H27NO4/c1-16(2,3)21-15(20)17-13-10-8-12(9-11-13)6-4-5-7-14(18)19/h5,7,12-13H,4,6,8-11H2,1-3H3,(H,17,20)(H,18,19). The van der Waals surface area contributed by atoms with Crippen LogP contribution in [0.1, 0.15) is 59.3 Å². The van der Waals surface area contributed by atoms with E-state index in [1.54, 1.807) is 6.08 Å². The van der Waals surface area contributed by atoms with Crippen LogP contribution in [0, 0.1) is 5.92 Å². The third-order valence-electron chi connectivity index (χ3n) is 3.57. The highest BCUT2D eigenvalue weighted by Gasteiger charge is 2.24. The number of ether oxygens (including phenoxy) is 1. The Bertz CT molecular complexity index is 376. The van der Waals surface area contributed by atoms with Crippen LogP contribution in [0.4, 0.5) is 4.79 Å². The van der Waals surface area contributed by atoms with Crippen molar-refractivity contribution in [3.63, 3.8) is 0 Å². The zero-order valence-corrected chi connectivity index (χ0v) is 13.2. The maximum atomic E-state index is 11.7. The van der Waals surface area contributed by atoms with Gasteiger partial charge in [0.15, 0.2) is 0 Å². The largest absolute Gasteiger partial charge is 0.478 e. The molecule has 5 heteroatoms. The van der Waals surface area contributed by atoms with E-state index in [0.717, 1.165) is 38.5 Å². The molecule has 1 fully saturated rings. The van der Waals surface area contributed by atoms with Crippen molar-refractivity contribution in [2.75, 3.05) is 0 Å². The smallest absolute Gasteiger partial charge is 0.407 e. The lowest BCUT2D eigenvalue weighted by molar-refractivity contribution is -0.131. The highest BCUT2D eigenvalue weighted by Crippen LogP contribution is 2.28. The minimum absolute atomic E-state index is 0.200. The summed E-state index contributed by atoms with van der Waals surface area (Å²) in [6.07, 6.45) is 8.48. The normalized spacial score (nSPS) is 23.0. The number of hydrogen-bond donors (Lipinski definition) is 2. The van der Waals surface area contributed by atoms with E-state index in [4.69, 9.17) is 9.84 Å². The van der Waals surface area contributed by atoms with Gasteiger partial charge in [-0.2, -0.15) is 0 Å². The monoisotopic (exact) mass is 297 g/mol. The molecule has 0 unspecified atom stereocenters. The molecule has 1 rings (SSSR count). The van der Waals surface area contributed by atoms with Crippen molar-refractivity contribution in [3.8, 4) is 0 Å². The highest BCUT2D eigenvalue weighted by molar-refractivity contribution is 5.79.